The van der Waals surface area contributed by atoms with E-state index in [1.165, 1.54) is 17.6 Å². The Hall–Kier alpha value is -2.64. The van der Waals surface area contributed by atoms with Crippen LogP contribution in [0.15, 0.2) is 16.9 Å². The maximum absolute atomic E-state index is 12.5. The molecular weight excluding hydrogens is 288 g/mol. The Morgan fingerprint density at radius 3 is 2.82 bits per heavy atom. The molecule has 1 N–H and O–H groups in total. The van der Waals surface area contributed by atoms with Gasteiger partial charge in [-0.1, -0.05) is 5.21 Å². The van der Waals surface area contributed by atoms with E-state index in [-0.39, 0.29) is 30.3 Å². The quantitative estimate of drug-likeness (QED) is 0.920. The number of aromatic nitrogens is 3. The van der Waals surface area contributed by atoms with Crippen molar-refractivity contribution >= 4 is 11.9 Å². The fourth-order valence-corrected chi connectivity index (χ4v) is 2.84. The zero-order chi connectivity index (χ0) is 15.3. The number of carbonyl (C=O) groups excluding carboxylic acids is 1. The summed E-state index contributed by atoms with van der Waals surface area (Å²) in [6.07, 6.45) is 6.21. The molecule has 0 radical (unpaired) electrons. The van der Waals surface area contributed by atoms with Crippen LogP contribution in [0.3, 0.4) is 0 Å². The minimum absolute atomic E-state index is 0.114. The number of rotatable bonds is 3. The van der Waals surface area contributed by atoms with Crippen molar-refractivity contribution in [1.29, 1.82) is 0 Å². The van der Waals surface area contributed by atoms with Gasteiger partial charge in [0.2, 0.25) is 0 Å². The van der Waals surface area contributed by atoms with Gasteiger partial charge in [0.1, 0.15) is 17.6 Å². The second kappa shape index (κ2) is 4.69. The molecule has 0 atom stereocenters. The van der Waals surface area contributed by atoms with E-state index in [0.717, 1.165) is 12.8 Å². The van der Waals surface area contributed by atoms with E-state index >= 15 is 0 Å². The summed E-state index contributed by atoms with van der Waals surface area (Å²) in [7, 11) is 0. The van der Waals surface area contributed by atoms with E-state index in [1.54, 1.807) is 10.9 Å². The Kier molecular flexibility index (Phi) is 2.78. The highest BCUT2D eigenvalue weighted by Crippen LogP contribution is 2.31. The van der Waals surface area contributed by atoms with Crippen molar-refractivity contribution in [3.05, 3.63) is 35.0 Å². The number of aromatic carboxylic acids is 1. The number of amides is 1. The molecular formula is C14H14N4O4. The van der Waals surface area contributed by atoms with Gasteiger partial charge in [-0.2, -0.15) is 0 Å². The van der Waals surface area contributed by atoms with Gasteiger partial charge in [-0.3, -0.25) is 4.79 Å². The Bertz CT molecular complexity index is 759. The highest BCUT2D eigenvalue weighted by Gasteiger charge is 2.33. The number of fused-ring (bicyclic) bond motifs is 1. The molecule has 0 unspecified atom stereocenters. The average molecular weight is 302 g/mol. The fourth-order valence-electron chi connectivity index (χ4n) is 2.84. The third kappa shape index (κ3) is 1.91. The molecule has 2 aromatic heterocycles. The van der Waals surface area contributed by atoms with Crippen molar-refractivity contribution in [3.8, 4) is 0 Å². The van der Waals surface area contributed by atoms with Crippen LogP contribution in [0.1, 0.15) is 57.5 Å². The van der Waals surface area contributed by atoms with Crippen molar-refractivity contribution in [2.75, 3.05) is 0 Å². The molecule has 3 heterocycles. The third-order valence-corrected chi connectivity index (χ3v) is 4.36. The maximum Gasteiger partial charge on any atom is 0.339 e. The molecule has 8 nitrogen and oxygen atoms in total. The summed E-state index contributed by atoms with van der Waals surface area (Å²) in [5.41, 5.74) is 0.963. The Morgan fingerprint density at radius 1 is 1.32 bits per heavy atom. The van der Waals surface area contributed by atoms with Crippen LogP contribution in [-0.2, 0) is 13.1 Å². The SMILES string of the molecule is O=C(O)c1coc2c1CN(C(=O)c1cn(C3CCC3)nn1)C2. The average Bonchev–Trinajstić information content (AvgIpc) is 3.09. The number of furan rings is 1. The van der Waals surface area contributed by atoms with Crippen LogP contribution < -0.4 is 0 Å². The molecule has 1 amide bonds. The zero-order valence-corrected chi connectivity index (χ0v) is 11.7. The third-order valence-electron chi connectivity index (χ3n) is 4.36. The molecule has 1 fully saturated rings. The first-order valence-electron chi connectivity index (χ1n) is 7.17. The molecule has 22 heavy (non-hydrogen) atoms. The lowest BCUT2D eigenvalue weighted by molar-refractivity contribution is 0.0682. The second-order valence-electron chi connectivity index (χ2n) is 5.69. The lowest BCUT2D eigenvalue weighted by Gasteiger charge is -2.24. The number of hydrogen-bond donors (Lipinski definition) is 1. The molecule has 2 aromatic rings. The lowest BCUT2D eigenvalue weighted by Crippen LogP contribution is -2.26. The summed E-state index contributed by atoms with van der Waals surface area (Å²) in [6.45, 7) is 0.486. The van der Waals surface area contributed by atoms with Crippen LogP contribution in [0.2, 0.25) is 0 Å². The van der Waals surface area contributed by atoms with E-state index in [1.807, 2.05) is 0 Å². The first kappa shape index (κ1) is 13.1. The van der Waals surface area contributed by atoms with Crippen LogP contribution >= 0.6 is 0 Å². The molecule has 4 rings (SSSR count). The summed E-state index contributed by atoms with van der Waals surface area (Å²) in [4.78, 5) is 25.1. The summed E-state index contributed by atoms with van der Waals surface area (Å²) in [5.74, 6) is -0.777. The number of carboxylic acids is 1. The zero-order valence-electron chi connectivity index (χ0n) is 11.7. The summed E-state index contributed by atoms with van der Waals surface area (Å²) >= 11 is 0. The second-order valence-corrected chi connectivity index (χ2v) is 5.69. The van der Waals surface area contributed by atoms with Crippen molar-refractivity contribution in [2.24, 2.45) is 0 Å². The number of nitrogens with zero attached hydrogens (tertiary/aromatic N) is 4. The molecule has 114 valence electrons. The number of hydrogen-bond acceptors (Lipinski definition) is 5. The maximum atomic E-state index is 12.5. The molecule has 1 aliphatic carbocycles. The number of carboxylic acid groups (broad SMARTS) is 1. The van der Waals surface area contributed by atoms with Gasteiger partial charge in [0.15, 0.2) is 5.69 Å². The van der Waals surface area contributed by atoms with Crippen LogP contribution in [0.5, 0.6) is 0 Å². The molecule has 2 aliphatic rings. The van der Waals surface area contributed by atoms with Gasteiger partial charge in [0, 0.05) is 5.56 Å². The molecule has 0 saturated heterocycles. The van der Waals surface area contributed by atoms with Gasteiger partial charge in [0.25, 0.3) is 5.91 Å². The monoisotopic (exact) mass is 302 g/mol. The van der Waals surface area contributed by atoms with Crippen LogP contribution in [0.4, 0.5) is 0 Å². The van der Waals surface area contributed by atoms with E-state index in [9.17, 15) is 9.59 Å². The van der Waals surface area contributed by atoms with Gasteiger partial charge >= 0.3 is 5.97 Å². The molecule has 0 spiro atoms. The highest BCUT2D eigenvalue weighted by molar-refractivity contribution is 5.93. The Labute approximate surface area is 125 Å². The number of carbonyl (C=O) groups is 2. The van der Waals surface area contributed by atoms with Crippen molar-refractivity contribution in [3.63, 3.8) is 0 Å². The first-order valence-corrected chi connectivity index (χ1v) is 7.17. The van der Waals surface area contributed by atoms with Crippen molar-refractivity contribution in [1.82, 2.24) is 19.9 Å². The molecule has 0 aromatic carbocycles. The molecule has 8 heteroatoms. The summed E-state index contributed by atoms with van der Waals surface area (Å²) in [5, 5.41) is 17.0. The van der Waals surface area contributed by atoms with Gasteiger partial charge < -0.3 is 14.4 Å². The smallest absolute Gasteiger partial charge is 0.339 e. The highest BCUT2D eigenvalue weighted by atomic mass is 16.4. The summed E-state index contributed by atoms with van der Waals surface area (Å²) < 4.78 is 6.98. The van der Waals surface area contributed by atoms with E-state index in [0.29, 0.717) is 17.4 Å². The van der Waals surface area contributed by atoms with Crippen LogP contribution in [0, 0.1) is 0 Å². The lowest BCUT2D eigenvalue weighted by atomic mass is 9.93. The summed E-state index contributed by atoms with van der Waals surface area (Å²) in [6, 6.07) is 0.348. The van der Waals surface area contributed by atoms with Crippen LogP contribution in [-0.4, -0.2) is 36.9 Å². The standard InChI is InChI=1S/C14H14N4O4/c19-13(11-5-18(16-15-11)8-2-1-3-8)17-4-9-10(14(20)21)7-22-12(9)6-17/h5,7-8H,1-4,6H2,(H,20,21). The Balaban J connectivity index is 1.52. The predicted molar refractivity (Wildman–Crippen MR) is 72.2 cm³/mol. The first-order chi connectivity index (χ1) is 10.6. The van der Waals surface area contributed by atoms with Gasteiger partial charge in [-0.25, -0.2) is 9.48 Å². The van der Waals surface area contributed by atoms with E-state index in [2.05, 4.69) is 10.3 Å². The minimum Gasteiger partial charge on any atom is -0.478 e. The predicted octanol–water partition coefficient (Wildman–Crippen LogP) is 1.45. The topological polar surface area (TPSA) is 101 Å². The normalized spacial score (nSPS) is 17.4. The van der Waals surface area contributed by atoms with Crippen molar-refractivity contribution < 1.29 is 19.1 Å². The minimum atomic E-state index is -1.05. The van der Waals surface area contributed by atoms with Crippen LogP contribution in [0.25, 0.3) is 0 Å². The largest absolute Gasteiger partial charge is 0.478 e. The molecule has 0 bridgehead atoms. The van der Waals surface area contributed by atoms with E-state index < -0.39 is 5.97 Å². The van der Waals surface area contributed by atoms with Gasteiger partial charge in [-0.15, -0.1) is 5.10 Å². The fraction of sp³-hybridized carbons (Fsp3) is 0.429. The molecule has 1 saturated carbocycles. The Morgan fingerprint density at radius 2 is 2.14 bits per heavy atom. The van der Waals surface area contributed by atoms with Gasteiger partial charge in [-0.05, 0) is 19.3 Å². The van der Waals surface area contributed by atoms with Gasteiger partial charge in [0.05, 0.1) is 25.3 Å². The van der Waals surface area contributed by atoms with Crippen molar-refractivity contribution in [2.45, 2.75) is 38.4 Å². The van der Waals surface area contributed by atoms with E-state index in [4.69, 9.17) is 9.52 Å². The molecule has 1 aliphatic heterocycles.